The van der Waals surface area contributed by atoms with Crippen LogP contribution in [0.15, 0.2) is 47.6 Å². The number of benzene rings is 2. The van der Waals surface area contributed by atoms with Gasteiger partial charge < -0.3 is 10.1 Å². The molecule has 0 aliphatic rings. The monoisotopic (exact) mass is 331 g/mol. The number of hydrogen-bond donors (Lipinski definition) is 2. The van der Waals surface area contributed by atoms with Crippen molar-refractivity contribution < 1.29 is 9.53 Å². The van der Waals surface area contributed by atoms with Crippen molar-refractivity contribution in [1.82, 2.24) is 5.43 Å². The molecule has 0 radical (unpaired) electrons. The molecule has 1 amide bonds. The zero-order valence-corrected chi connectivity index (χ0v) is 13.7. The second kappa shape index (κ2) is 8.19. The number of aryl methyl sites for hydroxylation is 1. The molecule has 0 heterocycles. The van der Waals surface area contributed by atoms with Crippen molar-refractivity contribution in [2.75, 3.05) is 19.0 Å². The molecule has 2 aromatic rings. The van der Waals surface area contributed by atoms with Crippen molar-refractivity contribution in [3.63, 3.8) is 0 Å². The number of hydrogen-bond acceptors (Lipinski definition) is 4. The topological polar surface area (TPSA) is 62.7 Å². The lowest BCUT2D eigenvalue weighted by atomic mass is 10.2. The Labute approximate surface area is 140 Å². The predicted octanol–water partition coefficient (Wildman–Crippen LogP) is 3.22. The van der Waals surface area contributed by atoms with Gasteiger partial charge in [-0.15, -0.1) is 0 Å². The Balaban J connectivity index is 1.81. The van der Waals surface area contributed by atoms with Crippen molar-refractivity contribution in [3.8, 4) is 5.75 Å². The molecular formula is C17H18ClN3O2. The summed E-state index contributed by atoms with van der Waals surface area (Å²) in [4.78, 5) is 11.7. The maximum atomic E-state index is 11.7. The number of carbonyl (C=O) groups is 1. The molecule has 0 spiro atoms. The van der Waals surface area contributed by atoms with Crippen molar-refractivity contribution in [3.05, 3.63) is 58.6 Å². The van der Waals surface area contributed by atoms with Gasteiger partial charge in [-0.2, -0.15) is 5.10 Å². The van der Waals surface area contributed by atoms with Gasteiger partial charge in [-0.1, -0.05) is 29.3 Å². The van der Waals surface area contributed by atoms with Crippen LogP contribution in [0.5, 0.6) is 5.75 Å². The SMILES string of the molecule is COc1ccc(C=NNC(=O)CNc2ccc(C)cc2)cc1Cl. The lowest BCUT2D eigenvalue weighted by molar-refractivity contribution is -0.119. The minimum Gasteiger partial charge on any atom is -0.495 e. The maximum Gasteiger partial charge on any atom is 0.259 e. The summed E-state index contributed by atoms with van der Waals surface area (Å²) in [5, 5.41) is 7.41. The highest BCUT2D eigenvalue weighted by molar-refractivity contribution is 6.32. The first-order valence-electron chi connectivity index (χ1n) is 7.04. The summed E-state index contributed by atoms with van der Waals surface area (Å²) in [7, 11) is 1.55. The van der Waals surface area contributed by atoms with Gasteiger partial charge >= 0.3 is 0 Å². The normalized spacial score (nSPS) is 10.6. The number of hydrazone groups is 1. The number of ether oxygens (including phenoxy) is 1. The van der Waals surface area contributed by atoms with Crippen LogP contribution in [-0.2, 0) is 4.79 Å². The van der Waals surface area contributed by atoms with Crippen molar-refractivity contribution >= 4 is 29.4 Å². The van der Waals surface area contributed by atoms with Crippen LogP contribution >= 0.6 is 11.6 Å². The quantitative estimate of drug-likeness (QED) is 0.631. The van der Waals surface area contributed by atoms with Gasteiger partial charge in [0, 0.05) is 5.69 Å². The summed E-state index contributed by atoms with van der Waals surface area (Å²) in [6, 6.07) is 13.0. The molecule has 0 saturated carbocycles. The van der Waals surface area contributed by atoms with Crippen molar-refractivity contribution in [2.24, 2.45) is 5.10 Å². The minimum atomic E-state index is -0.235. The second-order valence-corrected chi connectivity index (χ2v) is 5.31. The van der Waals surface area contributed by atoms with E-state index < -0.39 is 0 Å². The van der Waals surface area contributed by atoms with E-state index in [-0.39, 0.29) is 12.5 Å². The summed E-state index contributed by atoms with van der Waals surface area (Å²) >= 11 is 6.02. The number of nitrogens with one attached hydrogen (secondary N) is 2. The molecule has 2 N–H and O–H groups in total. The molecule has 0 atom stereocenters. The third-order valence-corrected chi connectivity index (χ3v) is 3.38. The maximum absolute atomic E-state index is 11.7. The Kier molecular flexibility index (Phi) is 6.00. The Morgan fingerprint density at radius 2 is 2.00 bits per heavy atom. The number of nitrogens with zero attached hydrogens (tertiary/aromatic N) is 1. The first-order valence-corrected chi connectivity index (χ1v) is 7.42. The van der Waals surface area contributed by atoms with Gasteiger partial charge in [-0.05, 0) is 42.8 Å². The predicted molar refractivity (Wildman–Crippen MR) is 93.4 cm³/mol. The van der Waals surface area contributed by atoms with Crippen LogP contribution in [0.3, 0.4) is 0 Å². The minimum absolute atomic E-state index is 0.143. The standard InChI is InChI=1S/C17H18ClN3O2/c1-12-3-6-14(7-4-12)19-11-17(22)21-20-10-13-5-8-16(23-2)15(18)9-13/h3-10,19H,11H2,1-2H3,(H,21,22). The molecule has 2 rings (SSSR count). The van der Waals surface area contributed by atoms with Crippen LogP contribution < -0.4 is 15.5 Å². The van der Waals surface area contributed by atoms with E-state index in [1.54, 1.807) is 25.3 Å². The van der Waals surface area contributed by atoms with E-state index in [1.165, 1.54) is 11.8 Å². The Morgan fingerprint density at radius 3 is 2.65 bits per heavy atom. The molecule has 0 aromatic heterocycles. The molecule has 0 fully saturated rings. The van der Waals surface area contributed by atoms with Crippen molar-refractivity contribution in [1.29, 1.82) is 0 Å². The average molecular weight is 332 g/mol. The highest BCUT2D eigenvalue weighted by atomic mass is 35.5. The lowest BCUT2D eigenvalue weighted by Gasteiger charge is -2.05. The number of amides is 1. The van der Waals surface area contributed by atoms with E-state index in [0.29, 0.717) is 10.8 Å². The number of halogens is 1. The third-order valence-electron chi connectivity index (χ3n) is 3.08. The van der Waals surface area contributed by atoms with Crippen LogP contribution in [0, 0.1) is 6.92 Å². The number of anilines is 1. The second-order valence-electron chi connectivity index (χ2n) is 4.91. The van der Waals surface area contributed by atoms with Crippen LogP contribution in [-0.4, -0.2) is 25.8 Å². The number of rotatable bonds is 6. The zero-order chi connectivity index (χ0) is 16.7. The molecule has 2 aromatic carbocycles. The lowest BCUT2D eigenvalue weighted by Crippen LogP contribution is -2.25. The summed E-state index contributed by atoms with van der Waals surface area (Å²) in [5.74, 6) is 0.358. The molecule has 0 saturated heterocycles. The first-order chi connectivity index (χ1) is 11.1. The van der Waals surface area contributed by atoms with Gasteiger partial charge in [0.1, 0.15) is 5.75 Å². The van der Waals surface area contributed by atoms with Crippen LogP contribution in [0.4, 0.5) is 5.69 Å². The Morgan fingerprint density at radius 1 is 1.26 bits per heavy atom. The molecule has 0 aliphatic heterocycles. The van der Waals surface area contributed by atoms with Gasteiger partial charge in [0.05, 0.1) is 24.9 Å². The molecule has 0 aliphatic carbocycles. The fourth-order valence-corrected chi connectivity index (χ4v) is 2.10. The summed E-state index contributed by atoms with van der Waals surface area (Å²) in [6.07, 6.45) is 1.52. The Bertz CT molecular complexity index is 699. The van der Waals surface area contributed by atoms with E-state index >= 15 is 0 Å². The van der Waals surface area contributed by atoms with E-state index in [4.69, 9.17) is 16.3 Å². The highest BCUT2D eigenvalue weighted by Crippen LogP contribution is 2.24. The molecule has 0 unspecified atom stereocenters. The number of methoxy groups -OCH3 is 1. The first kappa shape index (κ1) is 16.8. The fraction of sp³-hybridized carbons (Fsp3) is 0.176. The van der Waals surface area contributed by atoms with E-state index in [0.717, 1.165) is 11.3 Å². The zero-order valence-electron chi connectivity index (χ0n) is 13.0. The Hall–Kier alpha value is -2.53. The molecule has 23 heavy (non-hydrogen) atoms. The van der Waals surface area contributed by atoms with E-state index in [2.05, 4.69) is 15.8 Å². The molecular weight excluding hydrogens is 314 g/mol. The van der Waals surface area contributed by atoms with Crippen LogP contribution in [0.1, 0.15) is 11.1 Å². The van der Waals surface area contributed by atoms with E-state index in [9.17, 15) is 4.79 Å². The third kappa shape index (κ3) is 5.30. The van der Waals surface area contributed by atoms with Gasteiger partial charge in [0.15, 0.2) is 0 Å². The van der Waals surface area contributed by atoms with Gasteiger partial charge in [0.25, 0.3) is 5.91 Å². The molecule has 6 heteroatoms. The molecule has 120 valence electrons. The van der Waals surface area contributed by atoms with Gasteiger partial charge in [0.2, 0.25) is 0 Å². The summed E-state index contributed by atoms with van der Waals surface area (Å²) < 4.78 is 5.07. The van der Waals surface area contributed by atoms with Gasteiger partial charge in [-0.3, -0.25) is 4.79 Å². The van der Waals surface area contributed by atoms with Gasteiger partial charge in [-0.25, -0.2) is 5.43 Å². The smallest absolute Gasteiger partial charge is 0.259 e. The van der Waals surface area contributed by atoms with Crippen molar-refractivity contribution in [2.45, 2.75) is 6.92 Å². The van der Waals surface area contributed by atoms with E-state index in [1.807, 2.05) is 31.2 Å². The average Bonchev–Trinajstić information content (AvgIpc) is 2.54. The van der Waals surface area contributed by atoms with Crippen LogP contribution in [0.25, 0.3) is 0 Å². The van der Waals surface area contributed by atoms with Crippen LogP contribution in [0.2, 0.25) is 5.02 Å². The summed E-state index contributed by atoms with van der Waals surface area (Å²) in [6.45, 7) is 2.15. The highest BCUT2D eigenvalue weighted by Gasteiger charge is 2.01. The molecule has 5 nitrogen and oxygen atoms in total. The fourth-order valence-electron chi connectivity index (χ4n) is 1.84. The summed E-state index contributed by atoms with van der Waals surface area (Å²) in [5.41, 5.74) is 5.28. The molecule has 0 bridgehead atoms. The number of carbonyl (C=O) groups excluding carboxylic acids is 1. The largest absolute Gasteiger partial charge is 0.495 e.